The van der Waals surface area contributed by atoms with Crippen molar-refractivity contribution in [1.29, 1.82) is 0 Å². The fraction of sp³-hybridized carbons (Fsp3) is 0.394. The zero-order chi connectivity index (χ0) is 32.1. The first-order valence-corrected chi connectivity index (χ1v) is 14.4. The van der Waals surface area contributed by atoms with Crippen LogP contribution in [-0.4, -0.2) is 28.5 Å². The predicted octanol–water partition coefficient (Wildman–Crippen LogP) is 7.01. The van der Waals surface area contributed by atoms with Gasteiger partial charge in [-0.15, -0.1) is 6.58 Å². The van der Waals surface area contributed by atoms with E-state index in [0.29, 0.717) is 48.0 Å². The number of carbonyl (C=O) groups excluding carboxylic acids is 2. The molecule has 0 radical (unpaired) electrons. The number of benzene rings is 2. The molecule has 0 aromatic heterocycles. The van der Waals surface area contributed by atoms with Crippen molar-refractivity contribution in [3.8, 4) is 17.2 Å². The maximum atomic E-state index is 13.8. The second-order valence-corrected chi connectivity index (χ2v) is 13.2. The fourth-order valence-electron chi connectivity index (χ4n) is 6.61. The van der Waals surface area contributed by atoms with Crippen LogP contribution >= 0.6 is 0 Å². The van der Waals surface area contributed by atoms with Gasteiger partial charge in [0.2, 0.25) is 5.75 Å². The number of rotatable bonds is 8. The number of Topliss-reactive ketones (excluding diaryl/α,β-unsaturated/α-hetero) is 2. The number of carbonyl (C=O) groups is 2. The van der Waals surface area contributed by atoms with Gasteiger partial charge in [-0.1, -0.05) is 39.8 Å². The van der Waals surface area contributed by atoms with Crippen molar-refractivity contribution in [2.45, 2.75) is 65.7 Å². The lowest BCUT2D eigenvalue weighted by Crippen LogP contribution is -2.42. The highest BCUT2D eigenvalue weighted by atomic mass is 16.6. The maximum absolute atomic E-state index is 13.8. The molecule has 2 aromatic rings. The average Bonchev–Trinajstić information content (AvgIpc) is 2.91. The van der Waals surface area contributed by atoms with Gasteiger partial charge in [-0.25, -0.2) is 0 Å². The number of non-ortho nitro benzene ring substituents is 1. The maximum Gasteiger partial charge on any atom is 0.318 e. The van der Waals surface area contributed by atoms with Crippen LogP contribution in [0.5, 0.6) is 17.2 Å². The molecule has 11 nitrogen and oxygen atoms in total. The molecule has 0 saturated heterocycles. The molecule has 2 aliphatic carbocycles. The highest BCUT2D eigenvalue weighted by molar-refractivity contribution is 6.06. The van der Waals surface area contributed by atoms with Crippen molar-refractivity contribution in [1.82, 2.24) is 5.32 Å². The minimum absolute atomic E-state index is 0.0241. The zero-order valence-electron chi connectivity index (χ0n) is 25.4. The third-order valence-corrected chi connectivity index (χ3v) is 8.35. The van der Waals surface area contributed by atoms with E-state index in [1.165, 1.54) is 13.2 Å². The molecular formula is C33H35N3O8. The standard InChI is InChI=1S/C33H35N3O8/c1-7-8-18-11-19(12-27(43-6)31(18)44-26-10-9-20(35(39)40)13-23(26)36(41)42)28-29-21(14-32(2,3)16-24(29)37)34-22-15-33(4,5)17-25(38)30(22)28/h7,9-13,28,34H,1,8,14-17H2,2-6H3. The summed E-state index contributed by atoms with van der Waals surface area (Å²) in [5.41, 5.74) is 2.48. The number of nitro groups is 2. The lowest BCUT2D eigenvalue weighted by molar-refractivity contribution is -0.394. The normalized spacial score (nSPS) is 19.1. The largest absolute Gasteiger partial charge is 0.493 e. The van der Waals surface area contributed by atoms with Crippen LogP contribution in [0.1, 0.15) is 70.4 Å². The number of nitro benzene ring substituents is 2. The van der Waals surface area contributed by atoms with Gasteiger partial charge in [-0.2, -0.15) is 0 Å². The van der Waals surface area contributed by atoms with Gasteiger partial charge < -0.3 is 14.8 Å². The van der Waals surface area contributed by atoms with Crippen LogP contribution in [0, 0.1) is 31.1 Å². The number of nitrogens with zero attached hydrogens (tertiary/aromatic N) is 2. The minimum Gasteiger partial charge on any atom is -0.493 e. The second-order valence-electron chi connectivity index (χ2n) is 13.2. The molecule has 0 amide bonds. The predicted molar refractivity (Wildman–Crippen MR) is 163 cm³/mol. The molecular weight excluding hydrogens is 566 g/mol. The molecule has 44 heavy (non-hydrogen) atoms. The molecule has 0 fully saturated rings. The van der Waals surface area contributed by atoms with Gasteiger partial charge in [-0.05, 0) is 47.8 Å². The summed E-state index contributed by atoms with van der Waals surface area (Å²) < 4.78 is 11.8. The van der Waals surface area contributed by atoms with Crippen molar-refractivity contribution in [3.63, 3.8) is 0 Å². The Morgan fingerprint density at radius 2 is 1.50 bits per heavy atom. The molecule has 0 bridgehead atoms. The van der Waals surface area contributed by atoms with Crippen molar-refractivity contribution in [3.05, 3.63) is 96.9 Å². The molecule has 11 heteroatoms. The third kappa shape index (κ3) is 5.61. The van der Waals surface area contributed by atoms with E-state index < -0.39 is 27.1 Å². The molecule has 2 aromatic carbocycles. The molecule has 5 rings (SSSR count). The molecule has 0 spiro atoms. The Kier molecular flexibility index (Phi) is 7.69. The van der Waals surface area contributed by atoms with Crippen LogP contribution in [0.15, 0.2) is 65.5 Å². The van der Waals surface area contributed by atoms with E-state index in [4.69, 9.17) is 9.47 Å². The average molecular weight is 602 g/mol. The molecule has 0 atom stereocenters. The first kappa shape index (κ1) is 30.7. The minimum atomic E-state index is -0.750. The van der Waals surface area contributed by atoms with Crippen LogP contribution in [0.3, 0.4) is 0 Å². The Morgan fingerprint density at radius 3 is 2.00 bits per heavy atom. The summed E-state index contributed by atoms with van der Waals surface area (Å²) >= 11 is 0. The lowest BCUT2D eigenvalue weighted by Gasteiger charge is -2.44. The number of allylic oxidation sites excluding steroid dienone is 5. The van der Waals surface area contributed by atoms with Gasteiger partial charge in [-0.3, -0.25) is 29.8 Å². The van der Waals surface area contributed by atoms with Gasteiger partial charge in [0, 0.05) is 52.9 Å². The van der Waals surface area contributed by atoms with E-state index in [9.17, 15) is 29.8 Å². The van der Waals surface area contributed by atoms with E-state index in [2.05, 4.69) is 39.6 Å². The number of methoxy groups -OCH3 is 1. The highest BCUT2D eigenvalue weighted by Gasteiger charge is 2.46. The Hall–Kier alpha value is -4.80. The second kappa shape index (κ2) is 11.0. The fourth-order valence-corrected chi connectivity index (χ4v) is 6.61. The van der Waals surface area contributed by atoms with Crippen LogP contribution < -0.4 is 14.8 Å². The van der Waals surface area contributed by atoms with E-state index in [1.54, 1.807) is 12.1 Å². The van der Waals surface area contributed by atoms with Gasteiger partial charge in [0.15, 0.2) is 23.1 Å². The topological polar surface area (TPSA) is 151 Å². The SMILES string of the molecule is C=CCc1cc(C2C3=C(CC(C)(C)CC3=O)NC3=C2C(=O)CC(C)(C)C3)cc(OC)c1Oc1ccc([N+](=O)[O-])cc1[N+](=O)[O-]. The summed E-state index contributed by atoms with van der Waals surface area (Å²) in [6.07, 6.45) is 3.89. The third-order valence-electron chi connectivity index (χ3n) is 8.35. The van der Waals surface area contributed by atoms with Crippen LogP contribution in [0.2, 0.25) is 0 Å². The number of hydrogen-bond donors (Lipinski definition) is 1. The van der Waals surface area contributed by atoms with Crippen LogP contribution in [-0.2, 0) is 16.0 Å². The van der Waals surface area contributed by atoms with Crippen LogP contribution in [0.25, 0.3) is 0 Å². The first-order chi connectivity index (χ1) is 20.6. The Morgan fingerprint density at radius 1 is 0.909 bits per heavy atom. The Labute approximate surface area is 254 Å². The molecule has 1 N–H and O–H groups in total. The summed E-state index contributed by atoms with van der Waals surface area (Å²) in [5, 5.41) is 26.6. The van der Waals surface area contributed by atoms with Gasteiger partial charge in [0.1, 0.15) is 0 Å². The molecule has 230 valence electrons. The summed E-state index contributed by atoms with van der Waals surface area (Å²) in [6.45, 7) is 12.1. The van der Waals surface area contributed by atoms with E-state index >= 15 is 0 Å². The van der Waals surface area contributed by atoms with E-state index in [0.717, 1.165) is 23.5 Å². The number of ether oxygens (including phenoxy) is 2. The van der Waals surface area contributed by atoms with Crippen molar-refractivity contribution < 1.29 is 28.9 Å². The Bertz CT molecular complexity index is 1650. The smallest absolute Gasteiger partial charge is 0.318 e. The summed E-state index contributed by atoms with van der Waals surface area (Å²) in [7, 11) is 1.42. The molecule has 0 saturated carbocycles. The number of ketones is 2. The van der Waals surface area contributed by atoms with Crippen molar-refractivity contribution in [2.75, 3.05) is 7.11 Å². The zero-order valence-corrected chi connectivity index (χ0v) is 25.4. The van der Waals surface area contributed by atoms with E-state index in [1.807, 2.05) is 6.07 Å². The van der Waals surface area contributed by atoms with Crippen LogP contribution in [0.4, 0.5) is 11.4 Å². The summed E-state index contributed by atoms with van der Waals surface area (Å²) in [6, 6.07) is 6.66. The quantitative estimate of drug-likeness (QED) is 0.191. The monoisotopic (exact) mass is 601 g/mol. The van der Waals surface area contributed by atoms with Crippen molar-refractivity contribution >= 4 is 22.9 Å². The number of nitrogens with one attached hydrogen (secondary N) is 1. The number of hydrogen-bond acceptors (Lipinski definition) is 9. The van der Waals surface area contributed by atoms with Gasteiger partial charge in [0.05, 0.1) is 23.0 Å². The summed E-state index contributed by atoms with van der Waals surface area (Å²) in [5.74, 6) is -0.496. The van der Waals surface area contributed by atoms with E-state index in [-0.39, 0.29) is 46.1 Å². The molecule has 1 heterocycles. The molecule has 1 aliphatic heterocycles. The Balaban J connectivity index is 1.70. The first-order valence-electron chi connectivity index (χ1n) is 14.4. The van der Waals surface area contributed by atoms with Gasteiger partial charge in [0.25, 0.3) is 5.69 Å². The highest BCUT2D eigenvalue weighted by Crippen LogP contribution is 2.52. The van der Waals surface area contributed by atoms with Gasteiger partial charge >= 0.3 is 5.69 Å². The summed E-state index contributed by atoms with van der Waals surface area (Å²) in [4.78, 5) is 49.1. The molecule has 3 aliphatic rings. The lowest BCUT2D eigenvalue weighted by atomic mass is 9.64. The molecule has 0 unspecified atom stereocenters. The number of dihydropyridines is 1. The van der Waals surface area contributed by atoms with Crippen molar-refractivity contribution in [2.24, 2.45) is 10.8 Å².